The van der Waals surface area contributed by atoms with Crippen LogP contribution in [0.25, 0.3) is 0 Å². The van der Waals surface area contributed by atoms with Crippen molar-refractivity contribution in [2.75, 3.05) is 18.5 Å². The Morgan fingerprint density at radius 3 is 2.46 bits per heavy atom. The highest BCUT2D eigenvalue weighted by Gasteiger charge is 2.49. The number of ether oxygens (including phenoxy) is 1. The summed E-state index contributed by atoms with van der Waals surface area (Å²) in [6.45, 7) is 2.52. The third kappa shape index (κ3) is 4.21. The number of benzene rings is 1. The average Bonchev–Trinajstić information content (AvgIpc) is 2.86. The largest absolute Gasteiger partial charge is 0.454 e. The minimum atomic E-state index is -0.978. The number of carbonyl (C=O) groups excluding carboxylic acids is 4. The first-order valence-electron chi connectivity index (χ1n) is 8.17. The minimum absolute atomic E-state index is 0.425. The number of urea groups is 1. The van der Waals surface area contributed by atoms with Gasteiger partial charge in [-0.25, -0.2) is 4.79 Å². The second kappa shape index (κ2) is 8.31. The Morgan fingerprint density at radius 1 is 1.23 bits per heavy atom. The van der Waals surface area contributed by atoms with Gasteiger partial charge in [-0.05, 0) is 40.9 Å². The molecule has 0 spiro atoms. The summed E-state index contributed by atoms with van der Waals surface area (Å²) in [5.41, 5.74) is -0.438. The minimum Gasteiger partial charge on any atom is -0.454 e. The van der Waals surface area contributed by atoms with Crippen molar-refractivity contribution in [3.05, 3.63) is 28.7 Å². The van der Waals surface area contributed by atoms with Gasteiger partial charge in [-0.15, -0.1) is 0 Å². The SMILES string of the molecule is CCC1(CC)NC(=O)N(CC(=O)OCC(=O)Nc2ccccc2Br)C1=O. The molecule has 2 N–H and O–H groups in total. The first-order chi connectivity index (χ1) is 12.3. The van der Waals surface area contributed by atoms with E-state index in [-0.39, 0.29) is 0 Å². The fourth-order valence-electron chi connectivity index (χ4n) is 2.62. The summed E-state index contributed by atoms with van der Waals surface area (Å²) in [4.78, 5) is 49.0. The summed E-state index contributed by atoms with van der Waals surface area (Å²) >= 11 is 3.29. The molecule has 4 amide bonds. The van der Waals surface area contributed by atoms with Gasteiger partial charge in [0.25, 0.3) is 11.8 Å². The highest BCUT2D eigenvalue weighted by molar-refractivity contribution is 9.10. The molecular formula is C17H20BrN3O5. The van der Waals surface area contributed by atoms with Crippen LogP contribution in [0.5, 0.6) is 0 Å². The van der Waals surface area contributed by atoms with E-state index in [1.54, 1.807) is 38.1 Å². The van der Waals surface area contributed by atoms with Crippen LogP contribution in [0.15, 0.2) is 28.7 Å². The van der Waals surface area contributed by atoms with Gasteiger partial charge in [0.15, 0.2) is 6.61 Å². The van der Waals surface area contributed by atoms with Gasteiger partial charge in [0.2, 0.25) is 0 Å². The number of hydrogen-bond acceptors (Lipinski definition) is 5. The molecule has 1 fully saturated rings. The van der Waals surface area contributed by atoms with Gasteiger partial charge in [0.05, 0.1) is 5.69 Å². The molecule has 1 heterocycles. The van der Waals surface area contributed by atoms with Crippen LogP contribution < -0.4 is 10.6 Å². The van der Waals surface area contributed by atoms with E-state index in [0.29, 0.717) is 23.0 Å². The standard InChI is InChI=1S/C17H20BrN3O5/c1-3-17(4-2)15(24)21(16(25)20-17)9-14(23)26-10-13(22)19-12-8-6-5-7-11(12)18/h5-8H,3-4,9-10H2,1-2H3,(H,19,22)(H,20,25). The fourth-order valence-corrected chi connectivity index (χ4v) is 3.00. The van der Waals surface area contributed by atoms with E-state index in [4.69, 9.17) is 4.74 Å². The molecule has 8 nitrogen and oxygen atoms in total. The number of rotatable bonds is 7. The average molecular weight is 426 g/mol. The lowest BCUT2D eigenvalue weighted by Crippen LogP contribution is -2.46. The van der Waals surface area contributed by atoms with E-state index >= 15 is 0 Å². The number of hydrogen-bond donors (Lipinski definition) is 2. The number of imide groups is 1. The van der Waals surface area contributed by atoms with Gasteiger partial charge >= 0.3 is 12.0 Å². The second-order valence-corrected chi connectivity index (χ2v) is 6.65. The van der Waals surface area contributed by atoms with Crippen molar-refractivity contribution < 1.29 is 23.9 Å². The van der Waals surface area contributed by atoms with E-state index < -0.39 is 42.5 Å². The lowest BCUT2D eigenvalue weighted by atomic mass is 9.93. The van der Waals surface area contributed by atoms with Gasteiger partial charge in [-0.2, -0.15) is 0 Å². The Morgan fingerprint density at radius 2 is 1.88 bits per heavy atom. The van der Waals surface area contributed by atoms with Gasteiger partial charge in [-0.1, -0.05) is 26.0 Å². The van der Waals surface area contributed by atoms with Crippen molar-refractivity contribution in [2.45, 2.75) is 32.2 Å². The molecule has 0 aliphatic carbocycles. The van der Waals surface area contributed by atoms with Crippen molar-refractivity contribution in [2.24, 2.45) is 0 Å². The van der Waals surface area contributed by atoms with E-state index in [9.17, 15) is 19.2 Å². The summed E-state index contributed by atoms with van der Waals surface area (Å²) < 4.78 is 5.56. The molecule has 1 aliphatic heterocycles. The maximum absolute atomic E-state index is 12.4. The quantitative estimate of drug-likeness (QED) is 0.513. The third-order valence-corrected chi connectivity index (χ3v) is 4.94. The molecule has 1 saturated heterocycles. The molecule has 1 aromatic rings. The van der Waals surface area contributed by atoms with E-state index in [0.717, 1.165) is 4.90 Å². The Labute approximate surface area is 159 Å². The van der Waals surface area contributed by atoms with Crippen LogP contribution in [0.4, 0.5) is 10.5 Å². The maximum atomic E-state index is 12.4. The summed E-state index contributed by atoms with van der Waals surface area (Å²) in [6, 6.07) is 6.36. The number of nitrogens with one attached hydrogen (secondary N) is 2. The lowest BCUT2D eigenvalue weighted by molar-refractivity contribution is -0.150. The predicted molar refractivity (Wildman–Crippen MR) is 97.3 cm³/mol. The summed E-state index contributed by atoms with van der Waals surface area (Å²) in [5.74, 6) is -1.82. The van der Waals surface area contributed by atoms with Crippen molar-refractivity contribution in [3.8, 4) is 0 Å². The summed E-state index contributed by atoms with van der Waals surface area (Å²) in [5, 5.41) is 5.21. The summed E-state index contributed by atoms with van der Waals surface area (Å²) in [7, 11) is 0. The van der Waals surface area contributed by atoms with Crippen LogP contribution >= 0.6 is 15.9 Å². The molecule has 1 aliphatic rings. The van der Waals surface area contributed by atoms with E-state index in [1.165, 1.54) is 0 Å². The van der Waals surface area contributed by atoms with Crippen molar-refractivity contribution in [1.29, 1.82) is 0 Å². The Kier molecular flexibility index (Phi) is 6.36. The molecular weight excluding hydrogens is 406 g/mol. The fraction of sp³-hybridized carbons (Fsp3) is 0.412. The van der Waals surface area contributed by atoms with E-state index in [1.807, 2.05) is 0 Å². The normalized spacial score (nSPS) is 15.6. The van der Waals surface area contributed by atoms with Crippen LogP contribution in [-0.2, 0) is 19.1 Å². The van der Waals surface area contributed by atoms with Gasteiger partial charge in [0.1, 0.15) is 12.1 Å². The molecule has 140 valence electrons. The van der Waals surface area contributed by atoms with Gasteiger partial charge < -0.3 is 15.4 Å². The maximum Gasteiger partial charge on any atom is 0.326 e. The molecule has 0 bridgehead atoms. The highest BCUT2D eigenvalue weighted by atomic mass is 79.9. The zero-order valence-electron chi connectivity index (χ0n) is 14.5. The number of halogens is 1. The van der Waals surface area contributed by atoms with Crippen LogP contribution in [0, 0.1) is 0 Å². The molecule has 0 unspecified atom stereocenters. The molecule has 2 rings (SSSR count). The number of esters is 1. The topological polar surface area (TPSA) is 105 Å². The Balaban J connectivity index is 1.87. The van der Waals surface area contributed by atoms with Crippen LogP contribution in [-0.4, -0.2) is 47.4 Å². The molecule has 0 atom stereocenters. The zero-order valence-corrected chi connectivity index (χ0v) is 16.1. The van der Waals surface area contributed by atoms with Crippen molar-refractivity contribution in [3.63, 3.8) is 0 Å². The van der Waals surface area contributed by atoms with Crippen LogP contribution in [0.3, 0.4) is 0 Å². The Bertz CT molecular complexity index is 733. The van der Waals surface area contributed by atoms with Crippen molar-refractivity contribution in [1.82, 2.24) is 10.2 Å². The molecule has 0 radical (unpaired) electrons. The summed E-state index contributed by atoms with van der Waals surface area (Å²) in [6.07, 6.45) is 0.849. The van der Waals surface area contributed by atoms with Crippen molar-refractivity contribution >= 4 is 45.4 Å². The number of carbonyl (C=O) groups is 4. The molecule has 26 heavy (non-hydrogen) atoms. The van der Waals surface area contributed by atoms with Crippen LogP contribution in [0.1, 0.15) is 26.7 Å². The second-order valence-electron chi connectivity index (χ2n) is 5.80. The number of para-hydroxylation sites is 1. The van der Waals surface area contributed by atoms with Crippen LogP contribution in [0.2, 0.25) is 0 Å². The first-order valence-corrected chi connectivity index (χ1v) is 8.96. The Hall–Kier alpha value is -2.42. The lowest BCUT2D eigenvalue weighted by Gasteiger charge is -2.22. The first kappa shape index (κ1) is 19.9. The highest BCUT2D eigenvalue weighted by Crippen LogP contribution is 2.24. The number of amides is 4. The molecule has 0 saturated carbocycles. The molecule has 9 heteroatoms. The number of nitrogens with zero attached hydrogens (tertiary/aromatic N) is 1. The van der Waals surface area contributed by atoms with E-state index in [2.05, 4.69) is 26.6 Å². The predicted octanol–water partition coefficient (Wildman–Crippen LogP) is 2.04. The van der Waals surface area contributed by atoms with Gasteiger partial charge in [-0.3, -0.25) is 19.3 Å². The number of anilines is 1. The molecule has 1 aromatic carbocycles. The molecule has 0 aromatic heterocycles. The zero-order chi connectivity index (χ0) is 19.3. The van der Waals surface area contributed by atoms with Gasteiger partial charge in [0, 0.05) is 4.47 Å². The monoisotopic (exact) mass is 425 g/mol. The smallest absolute Gasteiger partial charge is 0.326 e. The third-order valence-electron chi connectivity index (χ3n) is 4.25.